The Balaban J connectivity index is 2.67. The van der Waals surface area contributed by atoms with Crippen molar-refractivity contribution in [2.75, 3.05) is 7.11 Å². The molecule has 0 aromatic heterocycles. The summed E-state index contributed by atoms with van der Waals surface area (Å²) in [5.74, 6) is 0.904. The number of rotatable bonds is 4. The summed E-state index contributed by atoms with van der Waals surface area (Å²) >= 11 is 4.52. The summed E-state index contributed by atoms with van der Waals surface area (Å²) in [6.07, 6.45) is 2.29. The normalized spacial score (nSPS) is 12.5. The van der Waals surface area contributed by atoms with Gasteiger partial charge in [0.05, 0.1) is 7.11 Å². The fourth-order valence-electron chi connectivity index (χ4n) is 1.27. The van der Waals surface area contributed by atoms with Gasteiger partial charge in [-0.3, -0.25) is 0 Å². The molecule has 72 valence electrons. The largest absolute Gasteiger partial charge is 0.497 e. The van der Waals surface area contributed by atoms with Crippen molar-refractivity contribution in [3.8, 4) is 5.75 Å². The lowest BCUT2D eigenvalue weighted by atomic mass is 10.1. The summed E-state index contributed by atoms with van der Waals surface area (Å²) in [7, 11) is 1.68. The Morgan fingerprint density at radius 1 is 1.31 bits per heavy atom. The van der Waals surface area contributed by atoms with Crippen LogP contribution >= 0.6 is 12.6 Å². The molecule has 1 atom stereocenters. The van der Waals surface area contributed by atoms with Gasteiger partial charge in [0.1, 0.15) is 5.75 Å². The molecule has 0 heterocycles. The Morgan fingerprint density at radius 3 is 2.38 bits per heavy atom. The van der Waals surface area contributed by atoms with Crippen LogP contribution in [-0.2, 0) is 0 Å². The zero-order valence-electron chi connectivity index (χ0n) is 8.16. The Morgan fingerprint density at radius 2 is 1.92 bits per heavy atom. The van der Waals surface area contributed by atoms with Gasteiger partial charge >= 0.3 is 0 Å². The fraction of sp³-hybridized carbons (Fsp3) is 0.455. The molecule has 0 saturated heterocycles. The summed E-state index contributed by atoms with van der Waals surface area (Å²) < 4.78 is 5.08. The predicted molar refractivity (Wildman–Crippen MR) is 59.6 cm³/mol. The summed E-state index contributed by atoms with van der Waals surface area (Å²) in [6, 6.07) is 8.11. The van der Waals surface area contributed by atoms with Crippen LogP contribution in [0.25, 0.3) is 0 Å². The van der Waals surface area contributed by atoms with Crippen LogP contribution in [0.3, 0.4) is 0 Å². The molecule has 1 unspecified atom stereocenters. The maximum Gasteiger partial charge on any atom is 0.118 e. The van der Waals surface area contributed by atoms with Crippen LogP contribution in [-0.4, -0.2) is 7.11 Å². The van der Waals surface area contributed by atoms with Crippen molar-refractivity contribution in [1.82, 2.24) is 0 Å². The fourth-order valence-corrected chi connectivity index (χ4v) is 1.70. The second-order valence-corrected chi connectivity index (χ2v) is 3.70. The smallest absolute Gasteiger partial charge is 0.118 e. The van der Waals surface area contributed by atoms with Crippen LogP contribution in [0.2, 0.25) is 0 Å². The van der Waals surface area contributed by atoms with E-state index in [1.165, 1.54) is 12.0 Å². The summed E-state index contributed by atoms with van der Waals surface area (Å²) in [5, 5.41) is 0.357. The van der Waals surface area contributed by atoms with E-state index in [0.717, 1.165) is 12.2 Å². The van der Waals surface area contributed by atoms with E-state index in [1.807, 2.05) is 12.1 Å². The van der Waals surface area contributed by atoms with Crippen molar-refractivity contribution in [3.63, 3.8) is 0 Å². The quantitative estimate of drug-likeness (QED) is 0.725. The molecule has 0 aliphatic rings. The van der Waals surface area contributed by atoms with E-state index in [9.17, 15) is 0 Å². The molecular formula is C11H16OS. The van der Waals surface area contributed by atoms with Crippen LogP contribution in [0.5, 0.6) is 5.75 Å². The number of hydrogen-bond donors (Lipinski definition) is 1. The molecule has 2 heteroatoms. The van der Waals surface area contributed by atoms with E-state index in [1.54, 1.807) is 7.11 Å². The Hall–Kier alpha value is -0.630. The SMILES string of the molecule is CCCC(S)c1ccc(OC)cc1. The maximum atomic E-state index is 5.08. The van der Waals surface area contributed by atoms with Crippen LogP contribution in [0.15, 0.2) is 24.3 Å². The van der Waals surface area contributed by atoms with Crippen LogP contribution in [0, 0.1) is 0 Å². The molecule has 1 aromatic carbocycles. The number of methoxy groups -OCH3 is 1. The molecular weight excluding hydrogens is 180 g/mol. The molecule has 1 nitrogen and oxygen atoms in total. The standard InChI is InChI=1S/C11H16OS/c1-3-4-11(13)9-5-7-10(12-2)8-6-9/h5-8,11,13H,3-4H2,1-2H3. The first kappa shape index (κ1) is 10.5. The monoisotopic (exact) mass is 196 g/mol. The van der Waals surface area contributed by atoms with Crippen molar-refractivity contribution < 1.29 is 4.74 Å². The van der Waals surface area contributed by atoms with E-state index in [2.05, 4.69) is 31.7 Å². The highest BCUT2D eigenvalue weighted by molar-refractivity contribution is 7.80. The van der Waals surface area contributed by atoms with Gasteiger partial charge in [-0.15, -0.1) is 0 Å². The van der Waals surface area contributed by atoms with Crippen LogP contribution in [0.1, 0.15) is 30.6 Å². The zero-order chi connectivity index (χ0) is 9.68. The molecule has 13 heavy (non-hydrogen) atoms. The molecule has 0 radical (unpaired) electrons. The van der Waals surface area contributed by atoms with E-state index in [-0.39, 0.29) is 0 Å². The maximum absolute atomic E-state index is 5.08. The Bertz CT molecular complexity index is 243. The van der Waals surface area contributed by atoms with E-state index in [0.29, 0.717) is 5.25 Å². The summed E-state index contributed by atoms with van der Waals surface area (Å²) in [5.41, 5.74) is 1.27. The van der Waals surface area contributed by atoms with Gasteiger partial charge in [-0.25, -0.2) is 0 Å². The number of thiol groups is 1. The first-order chi connectivity index (χ1) is 6.27. The van der Waals surface area contributed by atoms with Gasteiger partial charge in [-0.2, -0.15) is 12.6 Å². The highest BCUT2D eigenvalue weighted by Crippen LogP contribution is 2.26. The highest BCUT2D eigenvalue weighted by Gasteiger charge is 2.04. The number of ether oxygens (including phenoxy) is 1. The van der Waals surface area contributed by atoms with Gasteiger partial charge in [-0.1, -0.05) is 25.5 Å². The molecule has 0 aliphatic heterocycles. The van der Waals surface area contributed by atoms with Gasteiger partial charge in [0.25, 0.3) is 0 Å². The third-order valence-corrected chi connectivity index (χ3v) is 2.62. The van der Waals surface area contributed by atoms with Gasteiger partial charge < -0.3 is 4.74 Å². The van der Waals surface area contributed by atoms with Gasteiger partial charge in [0.2, 0.25) is 0 Å². The second-order valence-electron chi connectivity index (χ2n) is 3.08. The predicted octanol–water partition coefficient (Wildman–Crippen LogP) is 3.47. The van der Waals surface area contributed by atoms with Gasteiger partial charge in [-0.05, 0) is 24.1 Å². The molecule has 0 saturated carbocycles. The van der Waals surface area contributed by atoms with E-state index < -0.39 is 0 Å². The minimum Gasteiger partial charge on any atom is -0.497 e. The van der Waals surface area contributed by atoms with E-state index in [4.69, 9.17) is 4.74 Å². The summed E-state index contributed by atoms with van der Waals surface area (Å²) in [4.78, 5) is 0. The van der Waals surface area contributed by atoms with Crippen molar-refractivity contribution in [2.24, 2.45) is 0 Å². The minimum absolute atomic E-state index is 0.357. The second kappa shape index (κ2) is 5.18. The number of benzene rings is 1. The lowest BCUT2D eigenvalue weighted by Crippen LogP contribution is -1.90. The average Bonchev–Trinajstić information content (AvgIpc) is 2.18. The molecule has 1 aromatic rings. The molecule has 0 aliphatic carbocycles. The number of hydrogen-bond acceptors (Lipinski definition) is 2. The molecule has 1 rings (SSSR count). The molecule has 0 amide bonds. The first-order valence-corrected chi connectivity index (χ1v) is 5.11. The molecule has 0 bridgehead atoms. The van der Waals surface area contributed by atoms with Crippen molar-refractivity contribution >= 4 is 12.6 Å². The van der Waals surface area contributed by atoms with E-state index >= 15 is 0 Å². The van der Waals surface area contributed by atoms with Crippen molar-refractivity contribution in [1.29, 1.82) is 0 Å². The van der Waals surface area contributed by atoms with Crippen molar-refractivity contribution in [3.05, 3.63) is 29.8 Å². The summed E-state index contributed by atoms with van der Waals surface area (Å²) in [6.45, 7) is 2.17. The van der Waals surface area contributed by atoms with Crippen molar-refractivity contribution in [2.45, 2.75) is 25.0 Å². The minimum atomic E-state index is 0.357. The topological polar surface area (TPSA) is 9.23 Å². The van der Waals surface area contributed by atoms with Crippen LogP contribution in [0.4, 0.5) is 0 Å². The van der Waals surface area contributed by atoms with Gasteiger partial charge in [0, 0.05) is 5.25 Å². The Labute approximate surface area is 85.5 Å². The zero-order valence-corrected chi connectivity index (χ0v) is 9.05. The third-order valence-electron chi connectivity index (χ3n) is 2.06. The molecule has 0 N–H and O–H groups in total. The first-order valence-electron chi connectivity index (χ1n) is 4.60. The van der Waals surface area contributed by atoms with Crippen LogP contribution < -0.4 is 4.74 Å². The third kappa shape index (κ3) is 2.96. The average molecular weight is 196 g/mol. The lowest BCUT2D eigenvalue weighted by Gasteiger charge is -2.09. The lowest BCUT2D eigenvalue weighted by molar-refractivity contribution is 0.414. The highest BCUT2D eigenvalue weighted by atomic mass is 32.1. The molecule has 0 fully saturated rings. The Kier molecular flexibility index (Phi) is 4.16. The molecule has 0 spiro atoms. The van der Waals surface area contributed by atoms with Gasteiger partial charge in [0.15, 0.2) is 0 Å².